The summed E-state index contributed by atoms with van der Waals surface area (Å²) in [6, 6.07) is 5.07. The summed E-state index contributed by atoms with van der Waals surface area (Å²) in [4.78, 5) is 0.284. The van der Waals surface area contributed by atoms with E-state index in [0.717, 1.165) is 5.56 Å². The molecule has 0 saturated carbocycles. The maximum absolute atomic E-state index is 12.6. The molecule has 1 aromatic carbocycles. The molecule has 0 radical (unpaired) electrons. The fraction of sp³-hybridized carbons (Fsp3) is 0.571. The monoisotopic (exact) mass is 301 g/mol. The van der Waals surface area contributed by atoms with Crippen LogP contribution in [0, 0.1) is 0 Å². The lowest BCUT2D eigenvalue weighted by Gasteiger charge is -2.19. The average Bonchev–Trinajstić information content (AvgIpc) is 2.46. The standard InChI is InChI=1S/C14H23NO4S/c1-4-13-7-6-12(11-16)10-14(13)20(17,18)15(2)8-5-9-19-3/h6-7,10,16H,4-5,8-9,11H2,1-3H3. The van der Waals surface area contributed by atoms with Gasteiger partial charge in [-0.15, -0.1) is 0 Å². The number of methoxy groups -OCH3 is 1. The molecule has 114 valence electrons. The number of ether oxygens (including phenoxy) is 1. The molecule has 0 amide bonds. The van der Waals surface area contributed by atoms with E-state index in [1.54, 1.807) is 32.4 Å². The highest BCUT2D eigenvalue weighted by Gasteiger charge is 2.23. The van der Waals surface area contributed by atoms with E-state index in [1.165, 1.54) is 4.31 Å². The zero-order chi connectivity index (χ0) is 15.2. The molecule has 0 spiro atoms. The molecule has 0 aliphatic rings. The zero-order valence-corrected chi connectivity index (χ0v) is 13.1. The number of sulfonamides is 1. The van der Waals surface area contributed by atoms with Crippen LogP contribution in [0.4, 0.5) is 0 Å². The topological polar surface area (TPSA) is 66.8 Å². The summed E-state index contributed by atoms with van der Waals surface area (Å²) in [5.41, 5.74) is 1.37. The lowest BCUT2D eigenvalue weighted by Crippen LogP contribution is -2.29. The summed E-state index contributed by atoms with van der Waals surface area (Å²) < 4.78 is 31.4. The predicted molar refractivity (Wildman–Crippen MR) is 78.1 cm³/mol. The first-order valence-electron chi connectivity index (χ1n) is 6.65. The second-order valence-corrected chi connectivity index (χ2v) is 6.64. The molecule has 0 aliphatic carbocycles. The highest BCUT2D eigenvalue weighted by Crippen LogP contribution is 2.22. The van der Waals surface area contributed by atoms with E-state index < -0.39 is 10.0 Å². The molecule has 6 heteroatoms. The van der Waals surface area contributed by atoms with E-state index >= 15 is 0 Å². The molecule has 5 nitrogen and oxygen atoms in total. The number of benzene rings is 1. The van der Waals surface area contributed by atoms with Crippen molar-refractivity contribution >= 4 is 10.0 Å². The van der Waals surface area contributed by atoms with Gasteiger partial charge in [0, 0.05) is 27.3 Å². The third kappa shape index (κ3) is 4.02. The molecular formula is C14H23NO4S. The number of aryl methyl sites for hydroxylation is 1. The molecule has 0 fully saturated rings. The maximum Gasteiger partial charge on any atom is 0.243 e. The number of aliphatic hydroxyl groups excluding tert-OH is 1. The third-order valence-corrected chi connectivity index (χ3v) is 5.14. The van der Waals surface area contributed by atoms with Crippen molar-refractivity contribution in [3.05, 3.63) is 29.3 Å². The van der Waals surface area contributed by atoms with Crippen LogP contribution >= 0.6 is 0 Å². The Kier molecular flexibility index (Phi) is 6.61. The van der Waals surface area contributed by atoms with Gasteiger partial charge in [-0.3, -0.25) is 0 Å². The number of aliphatic hydroxyl groups is 1. The fourth-order valence-corrected chi connectivity index (χ4v) is 3.50. The van der Waals surface area contributed by atoms with Crippen LogP contribution in [0.25, 0.3) is 0 Å². The predicted octanol–water partition coefficient (Wildman–Crippen LogP) is 1.40. The van der Waals surface area contributed by atoms with Crippen molar-refractivity contribution in [2.45, 2.75) is 31.3 Å². The Morgan fingerprint density at radius 1 is 1.35 bits per heavy atom. The first-order valence-corrected chi connectivity index (χ1v) is 8.09. The van der Waals surface area contributed by atoms with Crippen LogP contribution in [0.2, 0.25) is 0 Å². The molecule has 0 atom stereocenters. The van der Waals surface area contributed by atoms with Crippen LogP contribution in [0.5, 0.6) is 0 Å². The van der Waals surface area contributed by atoms with Crippen LogP contribution in [0.1, 0.15) is 24.5 Å². The molecule has 0 aliphatic heterocycles. The lowest BCUT2D eigenvalue weighted by atomic mass is 10.1. The van der Waals surface area contributed by atoms with E-state index in [-0.39, 0.29) is 11.5 Å². The van der Waals surface area contributed by atoms with E-state index in [1.807, 2.05) is 6.92 Å². The summed E-state index contributed by atoms with van der Waals surface area (Å²) in [6.07, 6.45) is 1.28. The maximum atomic E-state index is 12.6. The van der Waals surface area contributed by atoms with E-state index in [9.17, 15) is 13.5 Å². The fourth-order valence-electron chi connectivity index (χ4n) is 1.95. The van der Waals surface area contributed by atoms with E-state index in [0.29, 0.717) is 31.6 Å². The number of nitrogens with zero attached hydrogens (tertiary/aromatic N) is 1. The van der Waals surface area contributed by atoms with Crippen molar-refractivity contribution in [2.24, 2.45) is 0 Å². The van der Waals surface area contributed by atoms with Gasteiger partial charge in [0.05, 0.1) is 11.5 Å². The van der Waals surface area contributed by atoms with Crippen molar-refractivity contribution in [3.63, 3.8) is 0 Å². The van der Waals surface area contributed by atoms with Gasteiger partial charge in [0.15, 0.2) is 0 Å². The van der Waals surface area contributed by atoms with Gasteiger partial charge in [0.1, 0.15) is 0 Å². The molecule has 0 unspecified atom stereocenters. The Hall–Kier alpha value is -0.950. The lowest BCUT2D eigenvalue weighted by molar-refractivity contribution is 0.189. The van der Waals surface area contributed by atoms with Gasteiger partial charge in [-0.25, -0.2) is 12.7 Å². The van der Waals surface area contributed by atoms with E-state index in [2.05, 4.69) is 0 Å². The van der Waals surface area contributed by atoms with Crippen molar-refractivity contribution < 1.29 is 18.3 Å². The Balaban J connectivity index is 3.06. The first-order chi connectivity index (χ1) is 9.47. The van der Waals surface area contributed by atoms with Crippen molar-refractivity contribution in [3.8, 4) is 0 Å². The van der Waals surface area contributed by atoms with Crippen molar-refractivity contribution in [2.75, 3.05) is 27.3 Å². The Morgan fingerprint density at radius 2 is 2.05 bits per heavy atom. The largest absolute Gasteiger partial charge is 0.392 e. The summed E-state index contributed by atoms with van der Waals surface area (Å²) in [6.45, 7) is 2.68. The quantitative estimate of drug-likeness (QED) is 0.737. The second kappa shape index (κ2) is 7.73. The van der Waals surface area contributed by atoms with Gasteiger partial charge in [-0.2, -0.15) is 0 Å². The highest BCUT2D eigenvalue weighted by molar-refractivity contribution is 7.89. The van der Waals surface area contributed by atoms with Gasteiger partial charge in [-0.05, 0) is 30.0 Å². The van der Waals surface area contributed by atoms with Crippen LogP contribution < -0.4 is 0 Å². The molecule has 20 heavy (non-hydrogen) atoms. The Labute approximate surface area is 121 Å². The number of hydrogen-bond acceptors (Lipinski definition) is 4. The molecule has 0 aromatic heterocycles. The van der Waals surface area contributed by atoms with Gasteiger partial charge in [-0.1, -0.05) is 19.1 Å². The average molecular weight is 301 g/mol. The van der Waals surface area contributed by atoms with Crippen molar-refractivity contribution in [1.29, 1.82) is 0 Å². The summed E-state index contributed by atoms with van der Waals surface area (Å²) in [5.74, 6) is 0. The van der Waals surface area contributed by atoms with Crippen LogP contribution in [0.15, 0.2) is 23.1 Å². The number of rotatable bonds is 8. The molecule has 0 saturated heterocycles. The van der Waals surface area contributed by atoms with E-state index in [4.69, 9.17) is 4.74 Å². The summed E-state index contributed by atoms with van der Waals surface area (Å²) in [5, 5.41) is 9.18. The summed E-state index contributed by atoms with van der Waals surface area (Å²) >= 11 is 0. The first kappa shape index (κ1) is 17.1. The van der Waals surface area contributed by atoms with Crippen molar-refractivity contribution in [1.82, 2.24) is 4.31 Å². The summed E-state index contributed by atoms with van der Waals surface area (Å²) in [7, 11) is -0.371. The van der Waals surface area contributed by atoms with Gasteiger partial charge < -0.3 is 9.84 Å². The molecule has 1 aromatic rings. The van der Waals surface area contributed by atoms with Gasteiger partial charge in [0.2, 0.25) is 10.0 Å². The minimum Gasteiger partial charge on any atom is -0.392 e. The number of hydrogen-bond donors (Lipinski definition) is 1. The minimum absolute atomic E-state index is 0.167. The molecule has 0 bridgehead atoms. The molecule has 0 heterocycles. The molecular weight excluding hydrogens is 278 g/mol. The van der Waals surface area contributed by atoms with Gasteiger partial charge in [0.25, 0.3) is 0 Å². The SMILES string of the molecule is CCc1ccc(CO)cc1S(=O)(=O)N(C)CCCOC. The molecule has 1 N–H and O–H groups in total. The second-order valence-electron chi connectivity index (χ2n) is 4.63. The Morgan fingerprint density at radius 3 is 2.60 bits per heavy atom. The Bertz CT molecular complexity index is 528. The smallest absolute Gasteiger partial charge is 0.243 e. The highest BCUT2D eigenvalue weighted by atomic mass is 32.2. The minimum atomic E-state index is -3.53. The van der Waals surface area contributed by atoms with Crippen LogP contribution in [0.3, 0.4) is 0 Å². The zero-order valence-electron chi connectivity index (χ0n) is 12.3. The molecule has 1 rings (SSSR count). The third-order valence-electron chi connectivity index (χ3n) is 3.20. The van der Waals surface area contributed by atoms with Crippen LogP contribution in [-0.2, 0) is 27.8 Å². The normalized spacial score (nSPS) is 12.1. The van der Waals surface area contributed by atoms with Gasteiger partial charge >= 0.3 is 0 Å². The van der Waals surface area contributed by atoms with Crippen LogP contribution in [-0.4, -0.2) is 45.1 Å².